The van der Waals surface area contributed by atoms with Crippen molar-refractivity contribution < 1.29 is 19.1 Å². The van der Waals surface area contributed by atoms with E-state index in [2.05, 4.69) is 27.7 Å². The Morgan fingerprint density at radius 1 is 1.10 bits per heavy atom. The minimum Gasteiger partial charge on any atom is -0.492 e. The second-order valence-electron chi connectivity index (χ2n) is 6.71. The highest BCUT2D eigenvalue weighted by Gasteiger charge is 2.22. The van der Waals surface area contributed by atoms with Crippen LogP contribution in [0.4, 0.5) is 5.69 Å². The van der Waals surface area contributed by atoms with Gasteiger partial charge >= 0.3 is 11.8 Å². The quantitative estimate of drug-likeness (QED) is 0.701. The van der Waals surface area contributed by atoms with Crippen molar-refractivity contribution in [2.75, 3.05) is 44.7 Å². The van der Waals surface area contributed by atoms with E-state index >= 15 is 0 Å². The van der Waals surface area contributed by atoms with E-state index in [9.17, 15) is 9.59 Å². The van der Waals surface area contributed by atoms with Crippen molar-refractivity contribution in [2.24, 2.45) is 0 Å². The van der Waals surface area contributed by atoms with Crippen molar-refractivity contribution >= 4 is 17.5 Å². The van der Waals surface area contributed by atoms with Crippen LogP contribution in [0.15, 0.2) is 54.6 Å². The van der Waals surface area contributed by atoms with Crippen LogP contribution in [-0.2, 0) is 14.3 Å². The van der Waals surface area contributed by atoms with Crippen LogP contribution in [0.5, 0.6) is 5.75 Å². The molecule has 0 radical (unpaired) electrons. The number of nitrogens with one attached hydrogen (secondary N) is 2. The van der Waals surface area contributed by atoms with Crippen molar-refractivity contribution in [2.45, 2.75) is 13.0 Å². The Bertz CT molecular complexity index is 813. The number of carbonyl (C=O) groups excluding carboxylic acids is 2. The molecule has 1 aliphatic rings. The van der Waals surface area contributed by atoms with Gasteiger partial charge in [-0.05, 0) is 24.6 Å². The smallest absolute Gasteiger partial charge is 0.313 e. The van der Waals surface area contributed by atoms with Gasteiger partial charge in [0.05, 0.1) is 25.0 Å². The number of anilines is 1. The summed E-state index contributed by atoms with van der Waals surface area (Å²) < 4.78 is 11.3. The number of nitrogens with zero attached hydrogens (tertiary/aromatic N) is 1. The van der Waals surface area contributed by atoms with Gasteiger partial charge in [0.25, 0.3) is 0 Å². The third kappa shape index (κ3) is 6.04. The van der Waals surface area contributed by atoms with E-state index in [4.69, 9.17) is 9.47 Å². The first kappa shape index (κ1) is 20.8. The van der Waals surface area contributed by atoms with Crippen LogP contribution in [0, 0.1) is 0 Å². The van der Waals surface area contributed by atoms with E-state index in [1.165, 1.54) is 0 Å². The summed E-state index contributed by atoms with van der Waals surface area (Å²) >= 11 is 0. The molecule has 1 fully saturated rings. The van der Waals surface area contributed by atoms with E-state index in [1.54, 1.807) is 18.2 Å². The maximum absolute atomic E-state index is 12.2. The van der Waals surface area contributed by atoms with Crippen molar-refractivity contribution in [1.29, 1.82) is 0 Å². The number of ether oxygens (including phenoxy) is 2. The van der Waals surface area contributed by atoms with Crippen molar-refractivity contribution in [3.8, 4) is 5.75 Å². The molecule has 0 aliphatic carbocycles. The molecule has 0 aromatic heterocycles. The Morgan fingerprint density at radius 2 is 1.86 bits per heavy atom. The van der Waals surface area contributed by atoms with Crippen LogP contribution in [0.1, 0.15) is 18.6 Å². The summed E-state index contributed by atoms with van der Waals surface area (Å²) in [5.41, 5.74) is 1.63. The molecule has 7 heteroatoms. The second kappa shape index (κ2) is 10.6. The van der Waals surface area contributed by atoms with Crippen molar-refractivity contribution in [3.05, 3.63) is 60.2 Å². The zero-order chi connectivity index (χ0) is 20.5. The Morgan fingerprint density at radius 3 is 2.66 bits per heavy atom. The van der Waals surface area contributed by atoms with Crippen molar-refractivity contribution in [3.63, 3.8) is 0 Å². The lowest BCUT2D eigenvalue weighted by Crippen LogP contribution is -2.44. The van der Waals surface area contributed by atoms with Gasteiger partial charge in [-0.15, -0.1) is 0 Å². The van der Waals surface area contributed by atoms with E-state index in [0.29, 0.717) is 37.7 Å². The molecule has 1 saturated heterocycles. The van der Waals surface area contributed by atoms with Crippen LogP contribution in [0.3, 0.4) is 0 Å². The molecule has 2 aromatic carbocycles. The van der Waals surface area contributed by atoms with Crippen molar-refractivity contribution in [1.82, 2.24) is 10.2 Å². The number of para-hydroxylation sites is 2. The molecule has 2 amide bonds. The number of hydrogen-bond acceptors (Lipinski definition) is 5. The lowest BCUT2D eigenvalue weighted by Gasteiger charge is -2.33. The molecule has 29 heavy (non-hydrogen) atoms. The number of benzene rings is 2. The van der Waals surface area contributed by atoms with Crippen LogP contribution >= 0.6 is 0 Å². The summed E-state index contributed by atoms with van der Waals surface area (Å²) in [6, 6.07) is 17.1. The monoisotopic (exact) mass is 397 g/mol. The molecule has 1 atom stereocenters. The molecule has 0 spiro atoms. The maximum atomic E-state index is 12.2. The van der Waals surface area contributed by atoms with Gasteiger partial charge < -0.3 is 20.1 Å². The van der Waals surface area contributed by atoms with Gasteiger partial charge in [0.1, 0.15) is 5.75 Å². The highest BCUT2D eigenvalue weighted by molar-refractivity contribution is 6.39. The standard InChI is InChI=1S/C22H27N3O4/c1-2-28-19-11-7-6-10-18(19)24-22(27)21(26)23-12-13-25-14-15-29-20(16-25)17-8-4-3-5-9-17/h3-11,20H,2,12-16H2,1H3,(H,23,26)(H,24,27). The fourth-order valence-corrected chi connectivity index (χ4v) is 3.21. The molecule has 1 heterocycles. The molecule has 0 saturated carbocycles. The van der Waals surface area contributed by atoms with Crippen LogP contribution in [0.25, 0.3) is 0 Å². The summed E-state index contributed by atoms with van der Waals surface area (Å²) in [5, 5.41) is 5.28. The molecular formula is C22H27N3O4. The normalized spacial score (nSPS) is 16.8. The zero-order valence-corrected chi connectivity index (χ0v) is 16.6. The number of rotatable bonds is 7. The first-order valence-corrected chi connectivity index (χ1v) is 9.87. The number of morpholine rings is 1. The highest BCUT2D eigenvalue weighted by Crippen LogP contribution is 2.23. The van der Waals surface area contributed by atoms with E-state index in [-0.39, 0.29) is 6.10 Å². The van der Waals surface area contributed by atoms with E-state index in [0.717, 1.165) is 18.7 Å². The Balaban J connectivity index is 1.44. The molecule has 7 nitrogen and oxygen atoms in total. The minimum absolute atomic E-state index is 0.0269. The third-order valence-electron chi connectivity index (χ3n) is 4.68. The van der Waals surface area contributed by atoms with Gasteiger partial charge in [0.2, 0.25) is 0 Å². The fraction of sp³-hybridized carbons (Fsp3) is 0.364. The lowest BCUT2D eigenvalue weighted by atomic mass is 10.1. The number of amides is 2. The van der Waals surface area contributed by atoms with E-state index in [1.807, 2.05) is 31.2 Å². The minimum atomic E-state index is -0.707. The van der Waals surface area contributed by atoms with Gasteiger partial charge in [-0.25, -0.2) is 0 Å². The molecule has 2 aromatic rings. The summed E-state index contributed by atoms with van der Waals surface area (Å²) in [6.45, 7) is 5.58. The van der Waals surface area contributed by atoms with Gasteiger partial charge in [0, 0.05) is 26.2 Å². The van der Waals surface area contributed by atoms with Gasteiger partial charge in [-0.1, -0.05) is 42.5 Å². The average Bonchev–Trinajstić information content (AvgIpc) is 2.76. The summed E-state index contributed by atoms with van der Waals surface area (Å²) in [6.07, 6.45) is 0.0269. The summed E-state index contributed by atoms with van der Waals surface area (Å²) in [5.74, 6) is -0.832. The average molecular weight is 397 g/mol. The largest absolute Gasteiger partial charge is 0.492 e. The summed E-state index contributed by atoms with van der Waals surface area (Å²) in [4.78, 5) is 26.5. The van der Waals surface area contributed by atoms with Crippen LogP contribution in [-0.4, -0.2) is 56.1 Å². The summed E-state index contributed by atoms with van der Waals surface area (Å²) in [7, 11) is 0. The van der Waals surface area contributed by atoms with Gasteiger partial charge in [0.15, 0.2) is 0 Å². The highest BCUT2D eigenvalue weighted by atomic mass is 16.5. The molecule has 3 rings (SSSR count). The first-order chi connectivity index (χ1) is 14.2. The fourth-order valence-electron chi connectivity index (χ4n) is 3.21. The molecule has 1 aliphatic heterocycles. The molecular weight excluding hydrogens is 370 g/mol. The first-order valence-electron chi connectivity index (χ1n) is 9.87. The van der Waals surface area contributed by atoms with Gasteiger partial charge in [-0.2, -0.15) is 0 Å². The number of hydrogen-bond donors (Lipinski definition) is 2. The molecule has 0 bridgehead atoms. The second-order valence-corrected chi connectivity index (χ2v) is 6.71. The number of carbonyl (C=O) groups is 2. The Kier molecular flexibility index (Phi) is 7.61. The Labute approximate surface area is 171 Å². The third-order valence-corrected chi connectivity index (χ3v) is 4.68. The molecule has 2 N–H and O–H groups in total. The molecule has 1 unspecified atom stereocenters. The van der Waals surface area contributed by atoms with Crippen LogP contribution in [0.2, 0.25) is 0 Å². The Hall–Kier alpha value is -2.90. The maximum Gasteiger partial charge on any atom is 0.313 e. The lowest BCUT2D eigenvalue weighted by molar-refractivity contribution is -0.136. The predicted octanol–water partition coefficient (Wildman–Crippen LogP) is 2.21. The zero-order valence-electron chi connectivity index (χ0n) is 16.6. The van der Waals surface area contributed by atoms with Crippen LogP contribution < -0.4 is 15.4 Å². The topological polar surface area (TPSA) is 79.9 Å². The SMILES string of the molecule is CCOc1ccccc1NC(=O)C(=O)NCCN1CCOC(c2ccccc2)C1. The van der Waals surface area contributed by atoms with E-state index < -0.39 is 11.8 Å². The van der Waals surface area contributed by atoms with Gasteiger partial charge in [-0.3, -0.25) is 14.5 Å². The molecule has 154 valence electrons. The predicted molar refractivity (Wildman–Crippen MR) is 111 cm³/mol.